The van der Waals surface area contributed by atoms with E-state index < -0.39 is 18.4 Å². The molecule has 1 aromatic rings. The Hall–Kier alpha value is -0.0213. The number of methoxy groups -OCH3 is 1. The molecule has 0 saturated heterocycles. The van der Waals surface area contributed by atoms with Crippen molar-refractivity contribution in [2.24, 2.45) is 0 Å². The van der Waals surface area contributed by atoms with Crippen LogP contribution in [0.5, 0.6) is 0 Å². The normalized spacial score (nSPS) is 14.2. The Morgan fingerprint density at radius 2 is 1.62 bits per heavy atom. The first-order chi connectivity index (χ1) is 6.05. The molecule has 0 aliphatic rings. The van der Waals surface area contributed by atoms with E-state index in [0.29, 0.717) is 4.12 Å². The van der Waals surface area contributed by atoms with Gasteiger partial charge in [0, 0.05) is 0 Å². The van der Waals surface area contributed by atoms with E-state index in [2.05, 4.69) is 45.2 Å². The van der Waals surface area contributed by atoms with Crippen LogP contribution in [0, 0.1) is 0 Å². The van der Waals surface area contributed by atoms with Crippen molar-refractivity contribution in [2.75, 3.05) is 7.11 Å². The Bertz CT molecular complexity index is 251. The summed E-state index contributed by atoms with van der Waals surface area (Å²) in [6, 6.07) is 10.5. The quantitative estimate of drug-likeness (QED) is 0.775. The summed E-state index contributed by atoms with van der Waals surface area (Å²) >= 11 is -1.97. The molecular weight excluding hydrogens is 267 g/mol. The van der Waals surface area contributed by atoms with Crippen molar-refractivity contribution < 1.29 is 4.74 Å². The van der Waals surface area contributed by atoms with Gasteiger partial charge in [0.15, 0.2) is 0 Å². The van der Waals surface area contributed by atoms with Crippen LogP contribution in [0.15, 0.2) is 30.3 Å². The predicted octanol–water partition coefficient (Wildman–Crippen LogP) is 3.25. The molecule has 0 spiro atoms. The fraction of sp³-hybridized carbons (Fsp3) is 0.455. The van der Waals surface area contributed by atoms with Crippen molar-refractivity contribution in [1.29, 1.82) is 0 Å². The first-order valence-corrected chi connectivity index (χ1v) is 14.8. The fourth-order valence-corrected chi connectivity index (χ4v) is 7.04. The minimum absolute atomic E-state index is 0.385. The molecule has 1 atom stereocenters. The molecule has 0 aromatic heterocycles. The van der Waals surface area contributed by atoms with E-state index in [9.17, 15) is 0 Å². The topological polar surface area (TPSA) is 9.23 Å². The van der Waals surface area contributed by atoms with Crippen LogP contribution in [0.2, 0.25) is 14.8 Å². The van der Waals surface area contributed by atoms with Gasteiger partial charge < -0.3 is 0 Å². The van der Waals surface area contributed by atoms with Crippen LogP contribution in [0.4, 0.5) is 0 Å². The van der Waals surface area contributed by atoms with Crippen LogP contribution in [0.3, 0.4) is 0 Å². The number of hydrogen-bond donors (Lipinski definition) is 0. The third-order valence-electron chi connectivity index (χ3n) is 2.12. The van der Waals surface area contributed by atoms with Crippen LogP contribution in [0.1, 0.15) is 9.68 Å². The van der Waals surface area contributed by atoms with E-state index in [-0.39, 0.29) is 0 Å². The average molecular weight is 285 g/mol. The maximum atomic E-state index is 5.59. The van der Waals surface area contributed by atoms with Crippen LogP contribution in [-0.2, 0) is 4.74 Å². The molecule has 0 N–H and O–H groups in total. The van der Waals surface area contributed by atoms with E-state index in [1.165, 1.54) is 5.56 Å². The van der Waals surface area contributed by atoms with Gasteiger partial charge in [-0.25, -0.2) is 0 Å². The fourth-order valence-electron chi connectivity index (χ4n) is 1.62. The van der Waals surface area contributed by atoms with Gasteiger partial charge in [0.25, 0.3) is 0 Å². The zero-order valence-corrected chi connectivity index (χ0v) is 11.7. The molecule has 1 rings (SSSR count). The summed E-state index contributed by atoms with van der Waals surface area (Å²) in [4.78, 5) is 7.20. The van der Waals surface area contributed by atoms with Crippen molar-refractivity contribution in [2.45, 2.75) is 18.9 Å². The average Bonchev–Trinajstić information content (AvgIpc) is 2.05. The van der Waals surface area contributed by atoms with Gasteiger partial charge >= 0.3 is 85.1 Å². The molecule has 13 heavy (non-hydrogen) atoms. The van der Waals surface area contributed by atoms with Crippen LogP contribution in [-0.4, -0.2) is 25.5 Å². The molecule has 1 nitrogen and oxygen atoms in total. The Kier molecular flexibility index (Phi) is 3.80. The summed E-state index contributed by atoms with van der Waals surface area (Å²) in [5.74, 6) is 0. The van der Waals surface area contributed by atoms with Gasteiger partial charge in [0.1, 0.15) is 0 Å². The predicted molar refractivity (Wildman–Crippen MR) is 59.5 cm³/mol. The van der Waals surface area contributed by atoms with Gasteiger partial charge in [-0.1, -0.05) is 0 Å². The standard InChI is InChI=1S/C8H9O.3CH3.Sn/c1-9-7-8-5-3-2-4-6-8;;;;/h2-7H,1H3;3*1H3;. The molecule has 0 amide bonds. The molecule has 0 saturated carbocycles. The second-order valence-corrected chi connectivity index (χ2v) is 19.4. The molecule has 0 aliphatic heterocycles. The summed E-state index contributed by atoms with van der Waals surface area (Å²) < 4.78 is 5.98. The van der Waals surface area contributed by atoms with Crippen LogP contribution < -0.4 is 0 Å². The van der Waals surface area contributed by atoms with Crippen LogP contribution >= 0.6 is 0 Å². The van der Waals surface area contributed by atoms with Crippen molar-refractivity contribution in [3.8, 4) is 0 Å². The Morgan fingerprint density at radius 1 is 1.08 bits per heavy atom. The van der Waals surface area contributed by atoms with Gasteiger partial charge in [-0.15, -0.1) is 0 Å². The van der Waals surface area contributed by atoms with Gasteiger partial charge in [0.2, 0.25) is 0 Å². The first-order valence-electron chi connectivity index (χ1n) is 4.63. The first kappa shape index (κ1) is 11.1. The van der Waals surface area contributed by atoms with E-state index in [1.54, 1.807) is 0 Å². The molecule has 72 valence electrons. The monoisotopic (exact) mass is 286 g/mol. The van der Waals surface area contributed by atoms with Crippen molar-refractivity contribution in [3.05, 3.63) is 35.9 Å². The number of hydrogen-bond acceptors (Lipinski definition) is 1. The van der Waals surface area contributed by atoms with Gasteiger partial charge in [-0.2, -0.15) is 0 Å². The third-order valence-corrected chi connectivity index (χ3v) is 8.24. The molecule has 0 fully saturated rings. The summed E-state index contributed by atoms with van der Waals surface area (Å²) in [6.07, 6.45) is 0. The molecule has 0 radical (unpaired) electrons. The molecule has 0 bridgehead atoms. The van der Waals surface area contributed by atoms with Crippen molar-refractivity contribution in [1.82, 2.24) is 0 Å². The number of benzene rings is 1. The van der Waals surface area contributed by atoms with E-state index in [1.807, 2.05) is 7.11 Å². The summed E-state index contributed by atoms with van der Waals surface area (Å²) in [5.41, 5.74) is 1.34. The zero-order valence-electron chi connectivity index (χ0n) is 8.87. The molecule has 0 heterocycles. The zero-order chi connectivity index (χ0) is 9.90. The van der Waals surface area contributed by atoms with Gasteiger partial charge in [0.05, 0.1) is 0 Å². The van der Waals surface area contributed by atoms with Crippen molar-refractivity contribution >= 4 is 18.4 Å². The minimum atomic E-state index is -1.97. The number of rotatable bonds is 3. The molecule has 1 aromatic carbocycles. The second-order valence-electron chi connectivity index (χ2n) is 4.39. The molecule has 1 unspecified atom stereocenters. The number of ether oxygens (including phenoxy) is 1. The SMILES string of the molecule is CO[CH](c1ccccc1)[Sn]([CH3])([CH3])[CH3]. The van der Waals surface area contributed by atoms with Crippen LogP contribution in [0.25, 0.3) is 0 Å². The summed E-state index contributed by atoms with van der Waals surface area (Å²) in [5, 5.41) is 0. The van der Waals surface area contributed by atoms with Crippen molar-refractivity contribution in [3.63, 3.8) is 0 Å². The molecular formula is C11H18OSn. The van der Waals surface area contributed by atoms with E-state index in [0.717, 1.165) is 0 Å². The second kappa shape index (κ2) is 4.47. The van der Waals surface area contributed by atoms with Gasteiger partial charge in [-0.05, 0) is 0 Å². The third kappa shape index (κ3) is 2.99. The molecule has 2 heteroatoms. The Labute approximate surface area is 85.0 Å². The van der Waals surface area contributed by atoms with E-state index in [4.69, 9.17) is 4.74 Å². The molecule has 0 aliphatic carbocycles. The maximum absolute atomic E-state index is 5.59. The Balaban J connectivity index is 2.92. The summed E-state index contributed by atoms with van der Waals surface area (Å²) in [7, 11) is 1.82. The Morgan fingerprint density at radius 3 is 2.00 bits per heavy atom. The van der Waals surface area contributed by atoms with E-state index >= 15 is 0 Å². The van der Waals surface area contributed by atoms with Gasteiger partial charge in [-0.3, -0.25) is 0 Å². The summed E-state index contributed by atoms with van der Waals surface area (Å²) in [6.45, 7) is 0.